The molecular formula is C10H13N5. The van der Waals surface area contributed by atoms with E-state index in [0.717, 1.165) is 25.3 Å². The van der Waals surface area contributed by atoms with Crippen molar-refractivity contribution < 1.29 is 0 Å². The van der Waals surface area contributed by atoms with Crippen LogP contribution in [-0.2, 0) is 6.54 Å². The normalized spacial score (nSPS) is 10.1. The van der Waals surface area contributed by atoms with Crippen molar-refractivity contribution in [2.24, 2.45) is 0 Å². The SMILES string of the molecule is c1cnn(CCCNc2ccncn2)c1. The molecule has 5 heteroatoms. The van der Waals surface area contributed by atoms with Crippen molar-refractivity contribution in [1.82, 2.24) is 19.7 Å². The average Bonchev–Trinajstić information content (AvgIpc) is 2.79. The fourth-order valence-corrected chi connectivity index (χ4v) is 1.29. The van der Waals surface area contributed by atoms with Gasteiger partial charge in [0.25, 0.3) is 0 Å². The Morgan fingerprint density at radius 3 is 3.07 bits per heavy atom. The fourth-order valence-electron chi connectivity index (χ4n) is 1.29. The molecule has 0 aromatic carbocycles. The Morgan fingerprint density at radius 2 is 2.33 bits per heavy atom. The van der Waals surface area contributed by atoms with E-state index in [1.807, 2.05) is 23.0 Å². The van der Waals surface area contributed by atoms with Gasteiger partial charge in [-0.15, -0.1) is 0 Å². The van der Waals surface area contributed by atoms with Gasteiger partial charge in [0.15, 0.2) is 0 Å². The molecular weight excluding hydrogens is 190 g/mol. The Labute approximate surface area is 88.2 Å². The van der Waals surface area contributed by atoms with Crippen LogP contribution in [0.25, 0.3) is 0 Å². The topological polar surface area (TPSA) is 55.6 Å². The van der Waals surface area contributed by atoms with Crippen molar-refractivity contribution in [2.45, 2.75) is 13.0 Å². The number of anilines is 1. The predicted octanol–water partition coefficient (Wildman–Crippen LogP) is 1.18. The summed E-state index contributed by atoms with van der Waals surface area (Å²) in [7, 11) is 0. The molecule has 0 spiro atoms. The minimum Gasteiger partial charge on any atom is -0.370 e. The fraction of sp³-hybridized carbons (Fsp3) is 0.300. The van der Waals surface area contributed by atoms with Crippen molar-refractivity contribution in [1.29, 1.82) is 0 Å². The van der Waals surface area contributed by atoms with Gasteiger partial charge in [0.05, 0.1) is 0 Å². The second-order valence-electron chi connectivity index (χ2n) is 3.14. The van der Waals surface area contributed by atoms with E-state index in [4.69, 9.17) is 0 Å². The molecule has 2 aromatic rings. The number of rotatable bonds is 5. The lowest BCUT2D eigenvalue weighted by Gasteiger charge is -2.04. The number of aromatic nitrogens is 4. The van der Waals surface area contributed by atoms with E-state index in [1.165, 1.54) is 6.33 Å². The molecule has 78 valence electrons. The number of aryl methyl sites for hydroxylation is 1. The predicted molar refractivity (Wildman–Crippen MR) is 57.4 cm³/mol. The summed E-state index contributed by atoms with van der Waals surface area (Å²) in [5, 5.41) is 7.34. The van der Waals surface area contributed by atoms with Crippen LogP contribution in [0.5, 0.6) is 0 Å². The maximum atomic E-state index is 4.12. The first kappa shape index (κ1) is 9.64. The van der Waals surface area contributed by atoms with Crippen LogP contribution in [0.4, 0.5) is 5.82 Å². The maximum Gasteiger partial charge on any atom is 0.129 e. The van der Waals surface area contributed by atoms with Gasteiger partial charge in [0, 0.05) is 31.7 Å². The van der Waals surface area contributed by atoms with Crippen molar-refractivity contribution in [2.75, 3.05) is 11.9 Å². The highest BCUT2D eigenvalue weighted by molar-refractivity contribution is 5.30. The van der Waals surface area contributed by atoms with Crippen LogP contribution in [0.3, 0.4) is 0 Å². The van der Waals surface area contributed by atoms with Crippen LogP contribution in [-0.4, -0.2) is 26.3 Å². The molecule has 1 N–H and O–H groups in total. The summed E-state index contributed by atoms with van der Waals surface area (Å²) in [5.74, 6) is 0.866. The molecule has 0 aliphatic carbocycles. The van der Waals surface area contributed by atoms with Crippen LogP contribution < -0.4 is 5.32 Å². The summed E-state index contributed by atoms with van der Waals surface area (Å²) in [4.78, 5) is 7.92. The largest absolute Gasteiger partial charge is 0.370 e. The third-order valence-electron chi connectivity index (χ3n) is 2.01. The molecule has 15 heavy (non-hydrogen) atoms. The van der Waals surface area contributed by atoms with E-state index in [9.17, 15) is 0 Å². The molecule has 0 aliphatic heterocycles. The van der Waals surface area contributed by atoms with Gasteiger partial charge in [-0.25, -0.2) is 9.97 Å². The molecule has 5 nitrogen and oxygen atoms in total. The standard InChI is InChI=1S/C10H13N5/c1(7-15-8-2-5-14-15)4-12-10-3-6-11-9-13-10/h2-3,5-6,8-9H,1,4,7H2,(H,11,12,13). The quantitative estimate of drug-likeness (QED) is 0.741. The van der Waals surface area contributed by atoms with Crippen molar-refractivity contribution in [3.05, 3.63) is 37.1 Å². The zero-order valence-electron chi connectivity index (χ0n) is 8.37. The molecule has 2 rings (SSSR count). The highest BCUT2D eigenvalue weighted by Gasteiger charge is 1.92. The van der Waals surface area contributed by atoms with E-state index in [1.54, 1.807) is 12.4 Å². The second kappa shape index (κ2) is 5.09. The Kier molecular flexibility index (Phi) is 3.27. The van der Waals surface area contributed by atoms with Gasteiger partial charge in [-0.05, 0) is 18.6 Å². The third-order valence-corrected chi connectivity index (χ3v) is 2.01. The minimum absolute atomic E-state index is 0.866. The summed E-state index contributed by atoms with van der Waals surface area (Å²) in [6.45, 7) is 1.81. The summed E-state index contributed by atoms with van der Waals surface area (Å²) in [6, 6.07) is 3.78. The Balaban J connectivity index is 1.68. The number of hydrogen-bond donors (Lipinski definition) is 1. The summed E-state index contributed by atoms with van der Waals surface area (Å²) < 4.78 is 1.92. The van der Waals surface area contributed by atoms with Crippen LogP contribution in [0.15, 0.2) is 37.1 Å². The number of nitrogens with one attached hydrogen (secondary N) is 1. The summed E-state index contributed by atoms with van der Waals surface area (Å²) in [6.07, 6.45) is 8.03. The van der Waals surface area contributed by atoms with Gasteiger partial charge < -0.3 is 5.32 Å². The number of hydrogen-bond acceptors (Lipinski definition) is 4. The van der Waals surface area contributed by atoms with Crippen molar-refractivity contribution >= 4 is 5.82 Å². The highest BCUT2D eigenvalue weighted by Crippen LogP contribution is 1.98. The molecule has 2 aromatic heterocycles. The monoisotopic (exact) mass is 203 g/mol. The Hall–Kier alpha value is -1.91. The molecule has 2 heterocycles. The first-order valence-electron chi connectivity index (χ1n) is 4.92. The van der Waals surface area contributed by atoms with Crippen molar-refractivity contribution in [3.8, 4) is 0 Å². The Morgan fingerprint density at radius 1 is 1.33 bits per heavy atom. The molecule has 0 unspecified atom stereocenters. The van der Waals surface area contributed by atoms with Crippen LogP contribution in [0.2, 0.25) is 0 Å². The van der Waals surface area contributed by atoms with E-state index >= 15 is 0 Å². The molecule has 0 fully saturated rings. The molecule has 0 saturated heterocycles. The van der Waals surface area contributed by atoms with Gasteiger partial charge >= 0.3 is 0 Å². The van der Waals surface area contributed by atoms with E-state index in [-0.39, 0.29) is 0 Å². The van der Waals surface area contributed by atoms with Gasteiger partial charge in [0.2, 0.25) is 0 Å². The molecule has 0 amide bonds. The minimum atomic E-state index is 0.866. The first-order chi connectivity index (χ1) is 7.45. The van der Waals surface area contributed by atoms with Gasteiger partial charge in [-0.3, -0.25) is 4.68 Å². The van der Waals surface area contributed by atoms with E-state index in [2.05, 4.69) is 20.4 Å². The van der Waals surface area contributed by atoms with E-state index < -0.39 is 0 Å². The zero-order valence-corrected chi connectivity index (χ0v) is 8.37. The third kappa shape index (κ3) is 3.05. The lowest BCUT2D eigenvalue weighted by Crippen LogP contribution is -2.07. The smallest absolute Gasteiger partial charge is 0.129 e. The molecule has 0 aliphatic rings. The summed E-state index contributed by atoms with van der Waals surface area (Å²) in [5.41, 5.74) is 0. The molecule has 0 radical (unpaired) electrons. The maximum absolute atomic E-state index is 4.12. The van der Waals surface area contributed by atoms with Crippen LogP contribution in [0.1, 0.15) is 6.42 Å². The average molecular weight is 203 g/mol. The second-order valence-corrected chi connectivity index (χ2v) is 3.14. The summed E-state index contributed by atoms with van der Waals surface area (Å²) >= 11 is 0. The van der Waals surface area contributed by atoms with E-state index in [0.29, 0.717) is 0 Å². The van der Waals surface area contributed by atoms with Crippen molar-refractivity contribution in [3.63, 3.8) is 0 Å². The van der Waals surface area contributed by atoms with Gasteiger partial charge in [-0.1, -0.05) is 0 Å². The first-order valence-corrected chi connectivity index (χ1v) is 4.92. The lowest BCUT2D eigenvalue weighted by molar-refractivity contribution is 0.591. The molecule has 0 bridgehead atoms. The molecule has 0 atom stereocenters. The van der Waals surface area contributed by atoms with Crippen LogP contribution >= 0.6 is 0 Å². The molecule has 0 saturated carbocycles. The van der Waals surface area contributed by atoms with Crippen LogP contribution in [0, 0.1) is 0 Å². The highest BCUT2D eigenvalue weighted by atomic mass is 15.3. The lowest BCUT2D eigenvalue weighted by atomic mass is 10.4. The van der Waals surface area contributed by atoms with Gasteiger partial charge in [0.1, 0.15) is 12.1 Å². The van der Waals surface area contributed by atoms with Gasteiger partial charge in [-0.2, -0.15) is 5.10 Å². The Bertz CT molecular complexity index is 370. The number of nitrogens with zero attached hydrogens (tertiary/aromatic N) is 4. The zero-order chi connectivity index (χ0) is 10.3.